The molecule has 8 nitrogen and oxygen atoms in total. The summed E-state index contributed by atoms with van der Waals surface area (Å²) in [4.78, 5) is 45.2. The van der Waals surface area contributed by atoms with Crippen LogP contribution in [-0.2, 0) is 19.2 Å². The number of hydrogen-bond acceptors (Lipinski definition) is 4. The van der Waals surface area contributed by atoms with E-state index in [0.717, 1.165) is 44.9 Å². The van der Waals surface area contributed by atoms with Crippen molar-refractivity contribution >= 4 is 23.8 Å². The van der Waals surface area contributed by atoms with Gasteiger partial charge in [0.15, 0.2) is 0 Å². The molecule has 192 valence electrons. The van der Waals surface area contributed by atoms with Crippen LogP contribution in [0.4, 0.5) is 0 Å². The van der Waals surface area contributed by atoms with Gasteiger partial charge in [-0.3, -0.25) is 14.4 Å². The zero-order chi connectivity index (χ0) is 24.7. The van der Waals surface area contributed by atoms with Crippen molar-refractivity contribution in [3.63, 3.8) is 0 Å². The number of unbranched alkanes of at least 4 members (excludes halogenated alkanes) is 13. The molecule has 0 aromatic carbocycles. The highest BCUT2D eigenvalue weighted by Gasteiger charge is 2.20. The van der Waals surface area contributed by atoms with Crippen molar-refractivity contribution < 1.29 is 29.4 Å². The molecule has 0 aliphatic carbocycles. The first kappa shape index (κ1) is 30.9. The average molecular weight is 471 g/mol. The molecule has 0 aliphatic rings. The molecule has 0 bridgehead atoms. The van der Waals surface area contributed by atoms with Crippen LogP contribution in [0.2, 0.25) is 0 Å². The lowest BCUT2D eigenvalue weighted by Gasteiger charge is -2.14. The standard InChI is InChI=1S/C25H46N2O6/c1-2-26-22(28)20-19-21(25(32)33)27-23(29)17-15-13-11-9-7-5-3-4-6-8-10-12-14-16-18-24(30)31/h21H,2-20H2,1H3,(H,26,28)(H,27,29)(H,30,31)(H,32,33). The summed E-state index contributed by atoms with van der Waals surface area (Å²) >= 11 is 0. The van der Waals surface area contributed by atoms with E-state index in [-0.39, 0.29) is 24.7 Å². The Morgan fingerprint density at radius 2 is 1.03 bits per heavy atom. The fourth-order valence-electron chi connectivity index (χ4n) is 3.77. The van der Waals surface area contributed by atoms with Crippen molar-refractivity contribution in [1.29, 1.82) is 0 Å². The summed E-state index contributed by atoms with van der Waals surface area (Å²) < 4.78 is 0. The van der Waals surface area contributed by atoms with Crippen LogP contribution in [0.1, 0.15) is 122 Å². The number of carboxylic acids is 2. The van der Waals surface area contributed by atoms with Crippen molar-refractivity contribution in [1.82, 2.24) is 10.6 Å². The molecule has 1 atom stereocenters. The highest BCUT2D eigenvalue weighted by molar-refractivity contribution is 5.84. The molecule has 33 heavy (non-hydrogen) atoms. The Morgan fingerprint density at radius 1 is 0.606 bits per heavy atom. The molecule has 8 heteroatoms. The van der Waals surface area contributed by atoms with Crippen LogP contribution < -0.4 is 10.6 Å². The van der Waals surface area contributed by atoms with Crippen LogP contribution in [0.25, 0.3) is 0 Å². The molecule has 0 aromatic heterocycles. The number of amides is 2. The second-order valence-corrected chi connectivity index (χ2v) is 8.79. The van der Waals surface area contributed by atoms with Gasteiger partial charge in [0.25, 0.3) is 0 Å². The van der Waals surface area contributed by atoms with Crippen molar-refractivity contribution in [3.8, 4) is 0 Å². The van der Waals surface area contributed by atoms with Gasteiger partial charge in [0.05, 0.1) is 0 Å². The molecule has 0 aromatic rings. The van der Waals surface area contributed by atoms with E-state index in [4.69, 9.17) is 5.11 Å². The predicted molar refractivity (Wildman–Crippen MR) is 129 cm³/mol. The van der Waals surface area contributed by atoms with Crippen molar-refractivity contribution in [3.05, 3.63) is 0 Å². The lowest BCUT2D eigenvalue weighted by Crippen LogP contribution is -2.41. The number of rotatable bonds is 23. The van der Waals surface area contributed by atoms with Crippen LogP contribution in [0.15, 0.2) is 0 Å². The summed E-state index contributed by atoms with van der Waals surface area (Å²) in [5.74, 6) is -2.28. The number of aliphatic carboxylic acids is 2. The van der Waals surface area contributed by atoms with Gasteiger partial charge in [-0.1, -0.05) is 77.0 Å². The summed E-state index contributed by atoms with van der Waals surface area (Å²) in [6, 6.07) is -1.02. The van der Waals surface area contributed by atoms with E-state index in [9.17, 15) is 24.3 Å². The second-order valence-electron chi connectivity index (χ2n) is 8.79. The molecule has 0 heterocycles. The first-order valence-corrected chi connectivity index (χ1v) is 12.9. The minimum Gasteiger partial charge on any atom is -0.481 e. The van der Waals surface area contributed by atoms with Crippen molar-refractivity contribution in [2.75, 3.05) is 6.54 Å². The Morgan fingerprint density at radius 3 is 1.42 bits per heavy atom. The lowest BCUT2D eigenvalue weighted by atomic mass is 10.0. The van der Waals surface area contributed by atoms with Crippen molar-refractivity contribution in [2.24, 2.45) is 0 Å². The monoisotopic (exact) mass is 470 g/mol. The average Bonchev–Trinajstić information content (AvgIpc) is 2.76. The van der Waals surface area contributed by atoms with Gasteiger partial charge in [0.1, 0.15) is 6.04 Å². The minimum atomic E-state index is -1.11. The molecular weight excluding hydrogens is 424 g/mol. The minimum absolute atomic E-state index is 0.0830. The van der Waals surface area contributed by atoms with Gasteiger partial charge in [-0.25, -0.2) is 4.79 Å². The van der Waals surface area contributed by atoms with E-state index < -0.39 is 18.0 Å². The van der Waals surface area contributed by atoms with E-state index in [1.807, 2.05) is 0 Å². The van der Waals surface area contributed by atoms with Gasteiger partial charge in [0.2, 0.25) is 11.8 Å². The van der Waals surface area contributed by atoms with Gasteiger partial charge in [-0.2, -0.15) is 0 Å². The molecule has 0 fully saturated rings. The second kappa shape index (κ2) is 21.7. The molecule has 0 saturated heterocycles. The summed E-state index contributed by atoms with van der Waals surface area (Å²) in [7, 11) is 0. The maximum atomic E-state index is 12.0. The van der Waals surface area contributed by atoms with Crippen molar-refractivity contribution in [2.45, 2.75) is 129 Å². The lowest BCUT2D eigenvalue weighted by molar-refractivity contribution is -0.142. The van der Waals surface area contributed by atoms with Crippen LogP contribution in [-0.4, -0.2) is 46.6 Å². The molecule has 0 aliphatic heterocycles. The molecule has 4 N–H and O–H groups in total. The molecular formula is C25H46N2O6. The van der Waals surface area contributed by atoms with E-state index in [1.165, 1.54) is 44.9 Å². The Hall–Kier alpha value is -2.12. The largest absolute Gasteiger partial charge is 0.481 e. The molecule has 0 rings (SSSR count). The Balaban J connectivity index is 3.52. The third-order valence-corrected chi connectivity index (χ3v) is 5.71. The molecule has 1 unspecified atom stereocenters. The van der Waals surface area contributed by atoms with Gasteiger partial charge in [0, 0.05) is 25.8 Å². The summed E-state index contributed by atoms with van der Waals surface area (Å²) in [5, 5.41) is 23.0. The molecule has 0 spiro atoms. The van der Waals surface area contributed by atoms with E-state index in [2.05, 4.69) is 10.6 Å². The Bertz CT molecular complexity index is 553. The summed E-state index contributed by atoms with van der Waals surface area (Å²) in [6.07, 6.45) is 16.4. The smallest absolute Gasteiger partial charge is 0.326 e. The predicted octanol–water partition coefficient (Wildman–Crippen LogP) is 4.80. The third kappa shape index (κ3) is 21.5. The maximum Gasteiger partial charge on any atom is 0.326 e. The normalized spacial score (nSPS) is 11.7. The molecule has 0 radical (unpaired) electrons. The number of carboxylic acid groups (broad SMARTS) is 2. The van der Waals surface area contributed by atoms with Gasteiger partial charge in [-0.15, -0.1) is 0 Å². The van der Waals surface area contributed by atoms with E-state index in [0.29, 0.717) is 19.4 Å². The van der Waals surface area contributed by atoms with E-state index in [1.54, 1.807) is 6.92 Å². The first-order chi connectivity index (χ1) is 15.9. The summed E-state index contributed by atoms with van der Waals surface area (Å²) in [6.45, 7) is 2.30. The van der Waals surface area contributed by atoms with Crippen LogP contribution >= 0.6 is 0 Å². The fraction of sp³-hybridized carbons (Fsp3) is 0.840. The SMILES string of the molecule is CCNC(=O)CCC(NC(=O)CCCCCCCCCCCCCCCCC(=O)O)C(=O)O. The van der Waals surface area contributed by atoms with E-state index >= 15 is 0 Å². The summed E-state index contributed by atoms with van der Waals surface area (Å²) in [5.41, 5.74) is 0. The van der Waals surface area contributed by atoms with Crippen LogP contribution in [0.3, 0.4) is 0 Å². The maximum absolute atomic E-state index is 12.0. The third-order valence-electron chi connectivity index (χ3n) is 5.71. The first-order valence-electron chi connectivity index (χ1n) is 12.9. The van der Waals surface area contributed by atoms with Gasteiger partial charge < -0.3 is 20.8 Å². The van der Waals surface area contributed by atoms with Gasteiger partial charge in [-0.05, 0) is 26.2 Å². The Kier molecular flexibility index (Phi) is 20.3. The highest BCUT2D eigenvalue weighted by atomic mass is 16.4. The highest BCUT2D eigenvalue weighted by Crippen LogP contribution is 2.14. The molecule has 2 amide bonds. The van der Waals surface area contributed by atoms with Crippen LogP contribution in [0, 0.1) is 0 Å². The Labute approximate surface area is 199 Å². The number of nitrogens with one attached hydrogen (secondary N) is 2. The van der Waals surface area contributed by atoms with Crippen LogP contribution in [0.5, 0.6) is 0 Å². The molecule has 0 saturated carbocycles. The number of carbonyl (C=O) groups is 4. The van der Waals surface area contributed by atoms with Gasteiger partial charge >= 0.3 is 11.9 Å². The zero-order valence-corrected chi connectivity index (χ0v) is 20.5. The quantitative estimate of drug-likeness (QED) is 0.159. The zero-order valence-electron chi connectivity index (χ0n) is 20.5. The number of carbonyl (C=O) groups excluding carboxylic acids is 2. The fourth-order valence-corrected chi connectivity index (χ4v) is 3.77. The topological polar surface area (TPSA) is 133 Å². The number of hydrogen-bond donors (Lipinski definition) is 4.